The van der Waals surface area contributed by atoms with E-state index < -0.39 is 5.01 Å². The number of rotatable bonds is 5. The van der Waals surface area contributed by atoms with Crippen LogP contribution in [0.1, 0.15) is 19.8 Å². The lowest BCUT2D eigenvalue weighted by Crippen LogP contribution is -2.20. The molecule has 2 nitrogen and oxygen atoms in total. The van der Waals surface area contributed by atoms with Crippen LogP contribution in [-0.4, -0.2) is 10.8 Å². The van der Waals surface area contributed by atoms with Crippen molar-refractivity contribution in [1.82, 2.24) is 0 Å². The van der Waals surface area contributed by atoms with E-state index in [1.807, 2.05) is 6.92 Å². The molecule has 0 saturated heterocycles. The van der Waals surface area contributed by atoms with Gasteiger partial charge in [0.15, 0.2) is 5.78 Å². The predicted octanol–water partition coefficient (Wildman–Crippen LogP) is 3.81. The van der Waals surface area contributed by atoms with E-state index >= 15 is 0 Å². The molecule has 4 heteroatoms. The second kappa shape index (κ2) is 6.13. The van der Waals surface area contributed by atoms with Crippen molar-refractivity contribution in [3.63, 3.8) is 0 Å². The number of ketones is 1. The number of Topliss-reactive ketones (excluding diaryl/α,β-unsaturated/α-hetero) is 1. The molecular weight excluding hydrogens is 279 g/mol. The molecule has 1 rings (SSSR count). The Hall–Kier alpha value is -0.540. The number of halogens is 2. The molecule has 0 fully saturated rings. The third-order valence-electron chi connectivity index (χ3n) is 1.80. The van der Waals surface area contributed by atoms with Crippen LogP contribution in [-0.2, 0) is 4.79 Å². The molecule has 0 bridgehead atoms. The summed E-state index contributed by atoms with van der Waals surface area (Å²) in [6.07, 6.45) is 1.34. The van der Waals surface area contributed by atoms with Crippen molar-refractivity contribution in [3.05, 3.63) is 29.3 Å². The summed E-state index contributed by atoms with van der Waals surface area (Å²) in [6, 6.07) is 6.91. The average Bonchev–Trinajstić information content (AvgIpc) is 2.22. The van der Waals surface area contributed by atoms with Crippen molar-refractivity contribution in [2.75, 3.05) is 0 Å². The zero-order chi connectivity index (χ0) is 11.3. The van der Waals surface area contributed by atoms with Gasteiger partial charge in [-0.25, -0.2) is 0 Å². The fraction of sp³-hybridized carbons (Fsp3) is 0.364. The Morgan fingerprint density at radius 3 is 2.60 bits per heavy atom. The number of hydrogen-bond donors (Lipinski definition) is 0. The molecule has 0 aliphatic heterocycles. The molecule has 1 atom stereocenters. The van der Waals surface area contributed by atoms with Crippen molar-refractivity contribution in [2.45, 2.75) is 24.8 Å². The van der Waals surface area contributed by atoms with Crippen molar-refractivity contribution in [2.24, 2.45) is 0 Å². The number of ether oxygens (including phenoxy) is 1. The number of hydrogen-bond acceptors (Lipinski definition) is 2. The quantitative estimate of drug-likeness (QED) is 0.771. The van der Waals surface area contributed by atoms with Crippen molar-refractivity contribution < 1.29 is 9.53 Å². The highest BCUT2D eigenvalue weighted by atomic mass is 79.9. The van der Waals surface area contributed by atoms with Gasteiger partial charge in [-0.1, -0.05) is 18.5 Å². The lowest BCUT2D eigenvalue weighted by atomic mass is 10.2. The van der Waals surface area contributed by atoms with E-state index in [1.54, 1.807) is 24.3 Å². The average molecular weight is 292 g/mol. The largest absolute Gasteiger partial charge is 0.471 e. The Morgan fingerprint density at radius 2 is 2.07 bits per heavy atom. The lowest BCUT2D eigenvalue weighted by Gasteiger charge is -2.11. The summed E-state index contributed by atoms with van der Waals surface area (Å²) >= 11 is 8.92. The Morgan fingerprint density at radius 1 is 1.47 bits per heavy atom. The second-order valence-corrected chi connectivity index (χ2v) is 4.37. The third-order valence-corrected chi connectivity index (χ3v) is 2.75. The van der Waals surface area contributed by atoms with E-state index in [4.69, 9.17) is 16.3 Å². The van der Waals surface area contributed by atoms with Gasteiger partial charge in [0.05, 0.1) is 0 Å². The summed E-state index contributed by atoms with van der Waals surface area (Å²) in [4.78, 5) is 11.4. The molecule has 0 spiro atoms. The van der Waals surface area contributed by atoms with Crippen molar-refractivity contribution in [3.8, 4) is 5.75 Å². The molecule has 0 aliphatic carbocycles. The summed E-state index contributed by atoms with van der Waals surface area (Å²) < 4.78 is 5.39. The number of carbonyl (C=O) groups is 1. The molecular formula is C11H12BrClO2. The standard InChI is InChI=1S/C11H12BrClO2/c1-2-3-10(14)11(12)15-9-6-4-8(13)5-7-9/h4-7,11H,2-3H2,1H3. The van der Waals surface area contributed by atoms with Crippen LogP contribution < -0.4 is 4.74 Å². The molecule has 0 aromatic heterocycles. The molecule has 1 aromatic rings. The first-order valence-corrected chi connectivity index (χ1v) is 6.02. The first-order valence-electron chi connectivity index (χ1n) is 4.72. The predicted molar refractivity (Wildman–Crippen MR) is 64.7 cm³/mol. The van der Waals surface area contributed by atoms with Crippen LogP contribution in [0.2, 0.25) is 5.02 Å². The van der Waals surface area contributed by atoms with Gasteiger partial charge in [-0.05, 0) is 46.6 Å². The second-order valence-electron chi connectivity index (χ2n) is 3.10. The maximum absolute atomic E-state index is 11.4. The van der Waals surface area contributed by atoms with E-state index in [-0.39, 0.29) is 5.78 Å². The Kier molecular flexibility index (Phi) is 5.12. The van der Waals surface area contributed by atoms with Crippen molar-refractivity contribution in [1.29, 1.82) is 0 Å². The molecule has 1 unspecified atom stereocenters. The highest BCUT2D eigenvalue weighted by Gasteiger charge is 2.14. The van der Waals surface area contributed by atoms with Crippen LogP contribution in [0.15, 0.2) is 24.3 Å². The smallest absolute Gasteiger partial charge is 0.210 e. The van der Waals surface area contributed by atoms with Crippen LogP contribution in [0.5, 0.6) is 5.75 Å². The molecule has 0 N–H and O–H groups in total. The highest BCUT2D eigenvalue weighted by molar-refractivity contribution is 9.09. The molecule has 82 valence electrons. The van der Waals surface area contributed by atoms with Gasteiger partial charge in [-0.3, -0.25) is 4.79 Å². The summed E-state index contributed by atoms with van der Waals surface area (Å²) in [5.41, 5.74) is 0. The van der Waals surface area contributed by atoms with Crippen molar-refractivity contribution >= 4 is 33.3 Å². The third kappa shape index (κ3) is 4.22. The molecule has 0 radical (unpaired) electrons. The monoisotopic (exact) mass is 290 g/mol. The SMILES string of the molecule is CCCC(=O)C(Br)Oc1ccc(Cl)cc1. The topological polar surface area (TPSA) is 26.3 Å². The molecule has 0 saturated carbocycles. The molecule has 0 heterocycles. The number of carbonyl (C=O) groups excluding carboxylic acids is 1. The molecule has 0 aliphatic rings. The van der Waals surface area contributed by atoms with Gasteiger partial charge < -0.3 is 4.74 Å². The summed E-state index contributed by atoms with van der Waals surface area (Å²) in [7, 11) is 0. The Bertz CT molecular complexity index is 324. The Labute approximate surface area is 103 Å². The Balaban J connectivity index is 2.54. The van der Waals surface area contributed by atoms with Gasteiger partial charge >= 0.3 is 0 Å². The fourth-order valence-corrected chi connectivity index (χ4v) is 1.63. The van der Waals surface area contributed by atoms with Crippen LogP contribution >= 0.6 is 27.5 Å². The minimum absolute atomic E-state index is 0.0486. The first kappa shape index (κ1) is 12.5. The highest BCUT2D eigenvalue weighted by Crippen LogP contribution is 2.19. The van der Waals surface area contributed by atoms with E-state index in [2.05, 4.69) is 15.9 Å². The van der Waals surface area contributed by atoms with Crippen LogP contribution in [0.4, 0.5) is 0 Å². The van der Waals surface area contributed by atoms with E-state index in [9.17, 15) is 4.79 Å². The molecule has 0 amide bonds. The lowest BCUT2D eigenvalue weighted by molar-refractivity contribution is -0.122. The number of alkyl halides is 1. The van der Waals surface area contributed by atoms with Gasteiger partial charge in [0.2, 0.25) is 5.01 Å². The maximum atomic E-state index is 11.4. The fourth-order valence-electron chi connectivity index (χ4n) is 1.06. The van der Waals surface area contributed by atoms with E-state index in [0.717, 1.165) is 6.42 Å². The maximum Gasteiger partial charge on any atom is 0.210 e. The summed E-state index contributed by atoms with van der Waals surface area (Å²) in [6.45, 7) is 1.96. The van der Waals surface area contributed by atoms with Gasteiger partial charge in [0.1, 0.15) is 5.75 Å². The van der Waals surface area contributed by atoms with Gasteiger partial charge in [0.25, 0.3) is 0 Å². The zero-order valence-corrected chi connectivity index (χ0v) is 10.7. The normalized spacial score (nSPS) is 12.2. The van der Waals surface area contributed by atoms with E-state index in [0.29, 0.717) is 17.2 Å². The molecule has 1 aromatic carbocycles. The van der Waals surface area contributed by atoms with Gasteiger partial charge in [0, 0.05) is 11.4 Å². The van der Waals surface area contributed by atoms with Crippen LogP contribution in [0.3, 0.4) is 0 Å². The number of benzene rings is 1. The van der Waals surface area contributed by atoms with E-state index in [1.165, 1.54) is 0 Å². The first-order chi connectivity index (χ1) is 7.13. The van der Waals surface area contributed by atoms with Crippen LogP contribution in [0, 0.1) is 0 Å². The zero-order valence-electron chi connectivity index (χ0n) is 8.37. The molecule has 15 heavy (non-hydrogen) atoms. The van der Waals surface area contributed by atoms with Crippen LogP contribution in [0.25, 0.3) is 0 Å². The summed E-state index contributed by atoms with van der Waals surface area (Å²) in [5.74, 6) is 0.679. The van der Waals surface area contributed by atoms with Gasteiger partial charge in [-0.15, -0.1) is 0 Å². The minimum Gasteiger partial charge on any atom is -0.471 e. The minimum atomic E-state index is -0.571. The van der Waals surface area contributed by atoms with Gasteiger partial charge in [-0.2, -0.15) is 0 Å². The summed E-state index contributed by atoms with van der Waals surface area (Å²) in [5, 5.41) is 0.0759.